The van der Waals surface area contributed by atoms with Gasteiger partial charge in [-0.1, -0.05) is 29.8 Å². The highest BCUT2D eigenvalue weighted by molar-refractivity contribution is 5.88. The van der Waals surface area contributed by atoms with Crippen LogP contribution in [-0.4, -0.2) is 17.3 Å². The molecular weight excluding hydrogens is 284 g/mol. The van der Waals surface area contributed by atoms with Gasteiger partial charge in [-0.15, -0.1) is 0 Å². The number of methoxy groups -OCH3 is 1. The maximum absolute atomic E-state index is 12.5. The van der Waals surface area contributed by atoms with Gasteiger partial charge in [0.1, 0.15) is 22.5 Å². The highest BCUT2D eigenvalue weighted by Gasteiger charge is 2.19. The van der Waals surface area contributed by atoms with Crippen LogP contribution in [0.4, 0.5) is 0 Å². The molecule has 0 radical (unpaired) electrons. The van der Waals surface area contributed by atoms with Crippen LogP contribution in [0.1, 0.15) is 5.56 Å². The van der Waals surface area contributed by atoms with Gasteiger partial charge in [-0.3, -0.25) is 4.79 Å². The smallest absolute Gasteiger partial charge is 0.239 e. The Hall–Kier alpha value is -2.95. The average Bonchev–Trinajstić information content (AvgIpc) is 2.47. The molecule has 0 bridgehead atoms. The number of ether oxygens (including phenoxy) is 1. The minimum atomic E-state index is -0.489. The number of fused-ring (bicyclic) bond motifs is 1. The third-order valence-electron chi connectivity index (χ3n) is 3.44. The Balaban J connectivity index is 2.40. The van der Waals surface area contributed by atoms with Crippen molar-refractivity contribution >= 4 is 11.0 Å². The van der Waals surface area contributed by atoms with E-state index in [4.69, 9.17) is 9.15 Å². The summed E-state index contributed by atoms with van der Waals surface area (Å²) in [6.07, 6.45) is 0. The van der Waals surface area contributed by atoms with Crippen LogP contribution in [0.5, 0.6) is 17.2 Å². The van der Waals surface area contributed by atoms with Gasteiger partial charge in [0.25, 0.3) is 0 Å². The molecule has 0 spiro atoms. The van der Waals surface area contributed by atoms with Gasteiger partial charge in [0.15, 0.2) is 5.76 Å². The molecule has 0 saturated heterocycles. The van der Waals surface area contributed by atoms with Crippen molar-refractivity contribution in [3.63, 3.8) is 0 Å². The summed E-state index contributed by atoms with van der Waals surface area (Å²) in [6.45, 7) is 1.95. The summed E-state index contributed by atoms with van der Waals surface area (Å²) in [4.78, 5) is 12.5. The van der Waals surface area contributed by atoms with Crippen molar-refractivity contribution in [2.45, 2.75) is 6.92 Å². The largest absolute Gasteiger partial charge is 0.508 e. The van der Waals surface area contributed by atoms with Crippen molar-refractivity contribution in [2.75, 3.05) is 7.11 Å². The fourth-order valence-corrected chi connectivity index (χ4v) is 2.35. The standard InChI is InChI=1S/C17H14O5/c1-9-3-5-10(6-4-9)16-17(21-2)15(20)14-12(19)7-11(18)8-13(14)22-16/h3-8,18-19H,1-2H3. The molecule has 1 aromatic heterocycles. The first-order valence-corrected chi connectivity index (χ1v) is 6.65. The molecule has 3 rings (SSSR count). The van der Waals surface area contributed by atoms with E-state index < -0.39 is 5.43 Å². The number of phenolic OH excluding ortho intramolecular Hbond substituents is 2. The van der Waals surface area contributed by atoms with Crippen molar-refractivity contribution in [2.24, 2.45) is 0 Å². The van der Waals surface area contributed by atoms with Gasteiger partial charge in [-0.2, -0.15) is 0 Å². The number of aryl methyl sites for hydroxylation is 1. The third-order valence-corrected chi connectivity index (χ3v) is 3.44. The van der Waals surface area contributed by atoms with Crippen LogP contribution in [0.15, 0.2) is 45.6 Å². The lowest BCUT2D eigenvalue weighted by molar-refractivity contribution is 0.397. The molecule has 22 heavy (non-hydrogen) atoms. The summed E-state index contributed by atoms with van der Waals surface area (Å²) in [5.74, 6) is -0.270. The lowest BCUT2D eigenvalue weighted by atomic mass is 10.1. The van der Waals surface area contributed by atoms with Gasteiger partial charge in [0.2, 0.25) is 11.2 Å². The summed E-state index contributed by atoms with van der Waals surface area (Å²) in [6, 6.07) is 9.77. The first-order chi connectivity index (χ1) is 10.5. The molecule has 0 saturated carbocycles. The Kier molecular flexibility index (Phi) is 3.25. The molecule has 1 heterocycles. The Labute approximate surface area is 126 Å². The molecule has 0 atom stereocenters. The van der Waals surface area contributed by atoms with E-state index >= 15 is 0 Å². The fraction of sp³-hybridized carbons (Fsp3) is 0.118. The predicted octanol–water partition coefficient (Wildman–Crippen LogP) is 3.19. The molecule has 0 unspecified atom stereocenters. The molecule has 0 aliphatic rings. The lowest BCUT2D eigenvalue weighted by Gasteiger charge is -2.10. The van der Waals surface area contributed by atoms with E-state index in [2.05, 4.69) is 0 Å². The van der Waals surface area contributed by atoms with E-state index in [9.17, 15) is 15.0 Å². The van der Waals surface area contributed by atoms with E-state index in [1.54, 1.807) is 0 Å². The average molecular weight is 298 g/mol. The monoisotopic (exact) mass is 298 g/mol. The molecular formula is C17H14O5. The van der Waals surface area contributed by atoms with E-state index in [-0.39, 0.29) is 34.0 Å². The topological polar surface area (TPSA) is 79.9 Å². The Morgan fingerprint density at radius 3 is 2.41 bits per heavy atom. The lowest BCUT2D eigenvalue weighted by Crippen LogP contribution is -2.07. The van der Waals surface area contributed by atoms with Crippen molar-refractivity contribution in [3.05, 3.63) is 52.2 Å². The number of rotatable bonds is 2. The second-order valence-corrected chi connectivity index (χ2v) is 5.00. The molecule has 5 nitrogen and oxygen atoms in total. The second-order valence-electron chi connectivity index (χ2n) is 5.00. The zero-order valence-electron chi connectivity index (χ0n) is 12.1. The van der Waals surface area contributed by atoms with E-state index in [0.29, 0.717) is 5.56 Å². The minimum Gasteiger partial charge on any atom is -0.508 e. The zero-order valence-corrected chi connectivity index (χ0v) is 12.1. The van der Waals surface area contributed by atoms with Crippen LogP contribution in [0.3, 0.4) is 0 Å². The Morgan fingerprint density at radius 2 is 1.77 bits per heavy atom. The van der Waals surface area contributed by atoms with Crippen LogP contribution in [0, 0.1) is 6.92 Å². The first kappa shape index (κ1) is 14.0. The predicted molar refractivity (Wildman–Crippen MR) is 82.5 cm³/mol. The number of hydrogen-bond acceptors (Lipinski definition) is 5. The molecule has 0 aliphatic heterocycles. The van der Waals surface area contributed by atoms with Crippen LogP contribution in [-0.2, 0) is 0 Å². The van der Waals surface area contributed by atoms with E-state index in [1.807, 2.05) is 31.2 Å². The minimum absolute atomic E-state index is 0.0114. The molecule has 0 aliphatic carbocycles. The quantitative estimate of drug-likeness (QED) is 0.759. The van der Waals surface area contributed by atoms with E-state index in [1.165, 1.54) is 13.2 Å². The molecule has 2 aromatic carbocycles. The second kappa shape index (κ2) is 5.11. The van der Waals surface area contributed by atoms with Crippen molar-refractivity contribution in [1.82, 2.24) is 0 Å². The van der Waals surface area contributed by atoms with Crippen LogP contribution in [0.2, 0.25) is 0 Å². The summed E-state index contributed by atoms with van der Waals surface area (Å²) in [5, 5.41) is 19.4. The number of hydrogen-bond donors (Lipinski definition) is 2. The summed E-state index contributed by atoms with van der Waals surface area (Å²) in [5.41, 5.74) is 1.35. The Bertz CT molecular complexity index is 907. The van der Waals surface area contributed by atoms with Crippen molar-refractivity contribution < 1.29 is 19.4 Å². The Morgan fingerprint density at radius 1 is 1.09 bits per heavy atom. The van der Waals surface area contributed by atoms with E-state index in [0.717, 1.165) is 11.6 Å². The van der Waals surface area contributed by atoms with Gasteiger partial charge < -0.3 is 19.4 Å². The summed E-state index contributed by atoms with van der Waals surface area (Å²) in [7, 11) is 1.37. The van der Waals surface area contributed by atoms with Gasteiger partial charge in [0.05, 0.1) is 7.11 Å². The maximum Gasteiger partial charge on any atom is 0.239 e. The number of aromatic hydroxyl groups is 2. The van der Waals surface area contributed by atoms with Gasteiger partial charge in [0, 0.05) is 17.7 Å². The molecule has 3 aromatic rings. The van der Waals surface area contributed by atoms with Gasteiger partial charge in [-0.05, 0) is 6.92 Å². The van der Waals surface area contributed by atoms with Crippen LogP contribution < -0.4 is 10.2 Å². The molecule has 0 fully saturated rings. The first-order valence-electron chi connectivity index (χ1n) is 6.65. The van der Waals surface area contributed by atoms with Crippen molar-refractivity contribution in [3.8, 4) is 28.6 Å². The summed E-state index contributed by atoms with van der Waals surface area (Å²) >= 11 is 0. The number of phenols is 2. The van der Waals surface area contributed by atoms with Crippen LogP contribution in [0.25, 0.3) is 22.3 Å². The molecule has 2 N–H and O–H groups in total. The normalized spacial score (nSPS) is 10.8. The third kappa shape index (κ3) is 2.16. The highest BCUT2D eigenvalue weighted by Crippen LogP contribution is 2.35. The fourth-order valence-electron chi connectivity index (χ4n) is 2.35. The van der Waals surface area contributed by atoms with Crippen LogP contribution >= 0.6 is 0 Å². The maximum atomic E-state index is 12.5. The SMILES string of the molecule is COc1c(-c2ccc(C)cc2)oc2cc(O)cc(O)c2c1=O. The number of benzene rings is 2. The zero-order chi connectivity index (χ0) is 15.9. The molecule has 5 heteroatoms. The van der Waals surface area contributed by atoms with Crippen molar-refractivity contribution in [1.29, 1.82) is 0 Å². The van der Waals surface area contributed by atoms with Gasteiger partial charge >= 0.3 is 0 Å². The highest BCUT2D eigenvalue weighted by atomic mass is 16.5. The van der Waals surface area contributed by atoms with Gasteiger partial charge in [-0.25, -0.2) is 0 Å². The molecule has 112 valence electrons. The molecule has 0 amide bonds. The summed E-state index contributed by atoms with van der Waals surface area (Å²) < 4.78 is 10.9.